The molecule has 0 N–H and O–H groups in total. The zero-order valence-electron chi connectivity index (χ0n) is 11.3. The molecule has 0 amide bonds. The van der Waals surface area contributed by atoms with Crippen LogP contribution < -0.4 is 0 Å². The van der Waals surface area contributed by atoms with Gasteiger partial charge in [0, 0.05) is 18.4 Å². The summed E-state index contributed by atoms with van der Waals surface area (Å²) < 4.78 is 6.14. The van der Waals surface area contributed by atoms with Crippen LogP contribution in [0, 0.1) is 5.92 Å². The first-order valence-corrected chi connectivity index (χ1v) is 8.23. The van der Waals surface area contributed by atoms with Gasteiger partial charge in [-0.25, -0.2) is 0 Å². The number of nitrogens with zero attached hydrogens (tertiary/aromatic N) is 1. The lowest BCUT2D eigenvalue weighted by molar-refractivity contribution is -0.0802. The molecule has 2 aliphatic rings. The van der Waals surface area contributed by atoms with E-state index in [1.54, 1.807) is 0 Å². The van der Waals surface area contributed by atoms with E-state index in [9.17, 15) is 0 Å². The Kier molecular flexibility index (Phi) is 4.90. The molecule has 0 aromatic heterocycles. The fourth-order valence-electron chi connectivity index (χ4n) is 3.23. The summed E-state index contributed by atoms with van der Waals surface area (Å²) in [5, 5.41) is 1.05. The van der Waals surface area contributed by atoms with Crippen LogP contribution in [0.25, 0.3) is 0 Å². The molecule has 3 heteroatoms. The quantitative estimate of drug-likeness (QED) is 0.733. The summed E-state index contributed by atoms with van der Waals surface area (Å²) in [6, 6.07) is 0. The fraction of sp³-hybridized carbons (Fsp3) is 1.00. The molecule has 2 fully saturated rings. The SMILES string of the molecule is CC1(C)O[C@@H](CCBr)CN1CC1CCCCC1. The van der Waals surface area contributed by atoms with Gasteiger partial charge in [0.15, 0.2) is 0 Å². The Hall–Kier alpha value is 0.400. The molecule has 17 heavy (non-hydrogen) atoms. The Morgan fingerprint density at radius 2 is 1.94 bits per heavy atom. The van der Waals surface area contributed by atoms with Crippen molar-refractivity contribution >= 4 is 15.9 Å². The van der Waals surface area contributed by atoms with Crippen molar-refractivity contribution in [2.45, 2.75) is 64.2 Å². The summed E-state index contributed by atoms with van der Waals surface area (Å²) in [6.07, 6.45) is 8.72. The van der Waals surface area contributed by atoms with E-state index in [0.717, 1.165) is 24.2 Å². The largest absolute Gasteiger partial charge is 0.356 e. The van der Waals surface area contributed by atoms with Gasteiger partial charge in [-0.3, -0.25) is 4.90 Å². The third-order valence-corrected chi connectivity index (χ3v) is 4.73. The highest BCUT2D eigenvalue weighted by atomic mass is 79.9. The molecular weight excluding hydrogens is 278 g/mol. The van der Waals surface area contributed by atoms with Crippen molar-refractivity contribution in [3.63, 3.8) is 0 Å². The van der Waals surface area contributed by atoms with Gasteiger partial charge in [0.05, 0.1) is 6.10 Å². The minimum atomic E-state index is -0.0513. The third-order valence-electron chi connectivity index (χ3n) is 4.28. The van der Waals surface area contributed by atoms with Crippen molar-refractivity contribution in [2.75, 3.05) is 18.4 Å². The molecule has 2 nitrogen and oxygen atoms in total. The van der Waals surface area contributed by atoms with Gasteiger partial charge in [-0.2, -0.15) is 0 Å². The Labute approximate surface area is 114 Å². The van der Waals surface area contributed by atoms with E-state index in [0.29, 0.717) is 6.10 Å². The summed E-state index contributed by atoms with van der Waals surface area (Å²) in [7, 11) is 0. The minimum Gasteiger partial charge on any atom is -0.356 e. The van der Waals surface area contributed by atoms with Crippen LogP contribution in [0.5, 0.6) is 0 Å². The number of alkyl halides is 1. The lowest BCUT2D eigenvalue weighted by Gasteiger charge is -2.34. The van der Waals surface area contributed by atoms with Crippen LogP contribution in [0.1, 0.15) is 52.4 Å². The van der Waals surface area contributed by atoms with Crippen LogP contribution in [-0.2, 0) is 4.74 Å². The van der Waals surface area contributed by atoms with E-state index >= 15 is 0 Å². The molecule has 0 spiro atoms. The molecule has 0 radical (unpaired) electrons. The maximum Gasteiger partial charge on any atom is 0.116 e. The maximum absolute atomic E-state index is 6.14. The van der Waals surface area contributed by atoms with Gasteiger partial charge in [-0.15, -0.1) is 0 Å². The summed E-state index contributed by atoms with van der Waals surface area (Å²) in [5.74, 6) is 0.911. The zero-order chi connectivity index (χ0) is 12.3. The van der Waals surface area contributed by atoms with Crippen LogP contribution in [0.2, 0.25) is 0 Å². The molecule has 2 rings (SSSR count). The molecule has 1 atom stereocenters. The minimum absolute atomic E-state index is 0.0513. The predicted octanol–water partition coefficient (Wildman–Crippen LogP) is 3.79. The van der Waals surface area contributed by atoms with Crippen LogP contribution in [0.15, 0.2) is 0 Å². The van der Waals surface area contributed by atoms with Crippen molar-refractivity contribution in [3.05, 3.63) is 0 Å². The molecule has 1 saturated heterocycles. The standard InChI is InChI=1S/C14H26BrNO/c1-14(2)16(11-13(17-14)8-9-15)10-12-6-4-3-5-7-12/h12-13H,3-11H2,1-2H3/t13-/m0/s1. The summed E-state index contributed by atoms with van der Waals surface area (Å²) in [4.78, 5) is 2.57. The molecule has 0 unspecified atom stereocenters. The molecule has 0 aromatic rings. The predicted molar refractivity (Wildman–Crippen MR) is 75.5 cm³/mol. The second-order valence-electron chi connectivity index (χ2n) is 6.07. The first-order chi connectivity index (χ1) is 8.12. The highest BCUT2D eigenvalue weighted by Gasteiger charge is 2.39. The molecule has 1 saturated carbocycles. The lowest BCUT2D eigenvalue weighted by atomic mass is 9.88. The van der Waals surface area contributed by atoms with E-state index in [2.05, 4.69) is 34.7 Å². The van der Waals surface area contributed by atoms with Crippen LogP contribution >= 0.6 is 15.9 Å². The van der Waals surface area contributed by atoms with E-state index in [4.69, 9.17) is 4.74 Å². The second-order valence-corrected chi connectivity index (χ2v) is 6.87. The number of hydrogen-bond acceptors (Lipinski definition) is 2. The van der Waals surface area contributed by atoms with Gasteiger partial charge in [-0.05, 0) is 39.0 Å². The van der Waals surface area contributed by atoms with Crippen molar-refractivity contribution in [1.29, 1.82) is 0 Å². The number of rotatable bonds is 4. The summed E-state index contributed by atoms with van der Waals surface area (Å²) >= 11 is 3.52. The molecule has 0 aromatic carbocycles. The molecule has 1 aliphatic carbocycles. The highest BCUT2D eigenvalue weighted by Crippen LogP contribution is 2.32. The van der Waals surface area contributed by atoms with Gasteiger partial charge in [0.1, 0.15) is 5.72 Å². The monoisotopic (exact) mass is 303 g/mol. The van der Waals surface area contributed by atoms with E-state index in [1.165, 1.54) is 38.6 Å². The zero-order valence-corrected chi connectivity index (χ0v) is 12.8. The van der Waals surface area contributed by atoms with Gasteiger partial charge < -0.3 is 4.74 Å². The number of ether oxygens (including phenoxy) is 1. The Morgan fingerprint density at radius 1 is 1.24 bits per heavy atom. The average molecular weight is 304 g/mol. The van der Waals surface area contributed by atoms with Crippen molar-refractivity contribution in [1.82, 2.24) is 4.90 Å². The average Bonchev–Trinajstić information content (AvgIpc) is 2.55. The Bertz CT molecular complexity index is 238. The number of halogens is 1. The van der Waals surface area contributed by atoms with Gasteiger partial charge in [0.25, 0.3) is 0 Å². The maximum atomic E-state index is 6.14. The van der Waals surface area contributed by atoms with Gasteiger partial charge in [0.2, 0.25) is 0 Å². The van der Waals surface area contributed by atoms with E-state index < -0.39 is 0 Å². The Morgan fingerprint density at radius 3 is 2.59 bits per heavy atom. The van der Waals surface area contributed by atoms with Crippen LogP contribution in [-0.4, -0.2) is 35.1 Å². The molecule has 1 aliphatic heterocycles. The van der Waals surface area contributed by atoms with E-state index in [-0.39, 0.29) is 5.72 Å². The lowest BCUT2D eigenvalue weighted by Crippen LogP contribution is -2.42. The molecule has 1 heterocycles. The topological polar surface area (TPSA) is 12.5 Å². The third kappa shape index (κ3) is 3.68. The fourth-order valence-corrected chi connectivity index (χ4v) is 3.74. The normalized spacial score (nSPS) is 30.9. The first-order valence-electron chi connectivity index (χ1n) is 7.10. The van der Waals surface area contributed by atoms with Crippen molar-refractivity contribution < 1.29 is 4.74 Å². The molecule has 0 bridgehead atoms. The van der Waals surface area contributed by atoms with Crippen LogP contribution in [0.3, 0.4) is 0 Å². The number of hydrogen-bond donors (Lipinski definition) is 0. The highest BCUT2D eigenvalue weighted by molar-refractivity contribution is 9.09. The second kappa shape index (κ2) is 6.03. The van der Waals surface area contributed by atoms with Gasteiger partial charge >= 0.3 is 0 Å². The van der Waals surface area contributed by atoms with Crippen molar-refractivity contribution in [3.8, 4) is 0 Å². The Balaban J connectivity index is 1.86. The summed E-state index contributed by atoms with van der Waals surface area (Å²) in [5.41, 5.74) is -0.0513. The van der Waals surface area contributed by atoms with E-state index in [1.807, 2.05) is 0 Å². The first kappa shape index (κ1) is 13.8. The summed E-state index contributed by atoms with van der Waals surface area (Å²) in [6.45, 7) is 6.81. The van der Waals surface area contributed by atoms with Gasteiger partial charge in [-0.1, -0.05) is 35.2 Å². The molecular formula is C14H26BrNO. The van der Waals surface area contributed by atoms with Crippen LogP contribution in [0.4, 0.5) is 0 Å². The van der Waals surface area contributed by atoms with Crippen molar-refractivity contribution in [2.24, 2.45) is 5.92 Å². The molecule has 100 valence electrons. The smallest absolute Gasteiger partial charge is 0.116 e.